The van der Waals surface area contributed by atoms with Crippen molar-refractivity contribution < 1.29 is 9.59 Å². The zero-order valence-electron chi connectivity index (χ0n) is 18.9. The summed E-state index contributed by atoms with van der Waals surface area (Å²) in [4.78, 5) is 37.5. The molecular formula is C26H28N4O3. The van der Waals surface area contributed by atoms with Gasteiger partial charge in [0.1, 0.15) is 5.69 Å². The van der Waals surface area contributed by atoms with E-state index in [9.17, 15) is 14.4 Å². The van der Waals surface area contributed by atoms with Gasteiger partial charge in [-0.2, -0.15) is 5.10 Å². The Balaban J connectivity index is 1.39. The first-order chi connectivity index (χ1) is 15.9. The van der Waals surface area contributed by atoms with Gasteiger partial charge in [0.2, 0.25) is 5.91 Å². The van der Waals surface area contributed by atoms with Gasteiger partial charge in [-0.15, -0.1) is 0 Å². The zero-order valence-corrected chi connectivity index (χ0v) is 18.9. The number of amides is 2. The van der Waals surface area contributed by atoms with Gasteiger partial charge < -0.3 is 10.6 Å². The van der Waals surface area contributed by atoms with Crippen LogP contribution in [0.1, 0.15) is 58.0 Å². The number of aryl methyl sites for hydroxylation is 4. The van der Waals surface area contributed by atoms with E-state index in [1.54, 1.807) is 0 Å². The molecule has 1 heterocycles. The highest BCUT2D eigenvalue weighted by molar-refractivity contribution is 6.02. The molecule has 0 bridgehead atoms. The summed E-state index contributed by atoms with van der Waals surface area (Å²) in [5.41, 5.74) is 5.07. The summed E-state index contributed by atoms with van der Waals surface area (Å²) in [5.74, 6) is -0.550. The highest BCUT2D eigenvalue weighted by Gasteiger charge is 2.21. The van der Waals surface area contributed by atoms with Crippen LogP contribution in [0.4, 0.5) is 5.69 Å². The van der Waals surface area contributed by atoms with E-state index in [2.05, 4.69) is 27.9 Å². The summed E-state index contributed by atoms with van der Waals surface area (Å²) in [7, 11) is 0. The predicted molar refractivity (Wildman–Crippen MR) is 127 cm³/mol. The van der Waals surface area contributed by atoms with E-state index in [-0.39, 0.29) is 36.2 Å². The molecule has 7 heteroatoms. The standard InChI is InChI=1S/C26H28N4O3/c1-17-10-11-20(16-18(17)2)27-26(33)23-12-13-25(32)30(29-23)15-14-24(31)28-22-9-5-7-19-6-3-4-8-21(19)22/h3-4,6,8,10-13,16,22H,5,7,9,14-15H2,1-2H3,(H,27,33)(H,28,31). The van der Waals surface area contributed by atoms with Crippen molar-refractivity contribution in [1.29, 1.82) is 0 Å². The third kappa shape index (κ3) is 5.37. The molecule has 0 aliphatic heterocycles. The minimum Gasteiger partial charge on any atom is -0.349 e. The van der Waals surface area contributed by atoms with Gasteiger partial charge in [0, 0.05) is 18.2 Å². The fraction of sp³-hybridized carbons (Fsp3) is 0.308. The molecule has 4 rings (SSSR count). The maximum Gasteiger partial charge on any atom is 0.276 e. The quantitative estimate of drug-likeness (QED) is 0.606. The second kappa shape index (κ2) is 9.81. The van der Waals surface area contributed by atoms with Crippen molar-refractivity contribution in [2.75, 3.05) is 5.32 Å². The third-order valence-corrected chi connectivity index (χ3v) is 6.12. The molecule has 0 saturated carbocycles. The van der Waals surface area contributed by atoms with Crippen LogP contribution in [-0.2, 0) is 17.8 Å². The number of carbonyl (C=O) groups is 2. The second-order valence-electron chi connectivity index (χ2n) is 8.49. The maximum absolute atomic E-state index is 12.6. The van der Waals surface area contributed by atoms with E-state index in [1.165, 1.54) is 22.4 Å². The highest BCUT2D eigenvalue weighted by atomic mass is 16.2. The number of fused-ring (bicyclic) bond motifs is 1. The molecular weight excluding hydrogens is 416 g/mol. The number of rotatable bonds is 6. The van der Waals surface area contributed by atoms with Crippen LogP contribution in [0.25, 0.3) is 0 Å². The number of hydrogen-bond donors (Lipinski definition) is 2. The topological polar surface area (TPSA) is 93.1 Å². The van der Waals surface area contributed by atoms with Crippen molar-refractivity contribution in [3.05, 3.63) is 92.9 Å². The molecule has 0 radical (unpaired) electrons. The summed E-state index contributed by atoms with van der Waals surface area (Å²) in [5, 5.41) is 10.1. The molecule has 1 aromatic heterocycles. The monoisotopic (exact) mass is 444 g/mol. The number of nitrogens with zero attached hydrogens (tertiary/aromatic N) is 2. The lowest BCUT2D eigenvalue weighted by atomic mass is 9.88. The lowest BCUT2D eigenvalue weighted by molar-refractivity contribution is -0.122. The van der Waals surface area contributed by atoms with Crippen molar-refractivity contribution in [3.8, 4) is 0 Å². The van der Waals surface area contributed by atoms with Crippen LogP contribution in [0.3, 0.4) is 0 Å². The normalized spacial score (nSPS) is 14.9. The molecule has 2 aromatic carbocycles. The van der Waals surface area contributed by atoms with Crippen molar-refractivity contribution in [1.82, 2.24) is 15.1 Å². The Kier molecular flexibility index (Phi) is 6.68. The van der Waals surface area contributed by atoms with Crippen LogP contribution < -0.4 is 16.2 Å². The molecule has 0 spiro atoms. The third-order valence-electron chi connectivity index (χ3n) is 6.12. The molecule has 1 unspecified atom stereocenters. The van der Waals surface area contributed by atoms with Crippen LogP contribution in [0.5, 0.6) is 0 Å². The summed E-state index contributed by atoms with van der Waals surface area (Å²) < 4.78 is 1.17. The predicted octanol–water partition coefficient (Wildman–Crippen LogP) is 3.70. The average molecular weight is 445 g/mol. The molecule has 2 N–H and O–H groups in total. The summed E-state index contributed by atoms with van der Waals surface area (Å²) >= 11 is 0. The maximum atomic E-state index is 12.6. The van der Waals surface area contributed by atoms with E-state index in [0.717, 1.165) is 36.0 Å². The first-order valence-corrected chi connectivity index (χ1v) is 11.2. The highest BCUT2D eigenvalue weighted by Crippen LogP contribution is 2.29. The van der Waals surface area contributed by atoms with Crippen LogP contribution in [0.2, 0.25) is 0 Å². The van der Waals surface area contributed by atoms with E-state index >= 15 is 0 Å². The van der Waals surface area contributed by atoms with Crippen LogP contribution in [0, 0.1) is 13.8 Å². The Morgan fingerprint density at radius 1 is 1.06 bits per heavy atom. The number of carbonyl (C=O) groups excluding carboxylic acids is 2. The Morgan fingerprint density at radius 2 is 1.88 bits per heavy atom. The first-order valence-electron chi connectivity index (χ1n) is 11.2. The SMILES string of the molecule is Cc1ccc(NC(=O)c2ccc(=O)n(CCC(=O)NC3CCCc4ccccc43)n2)cc1C. The van der Waals surface area contributed by atoms with E-state index in [1.807, 2.05) is 44.2 Å². The van der Waals surface area contributed by atoms with Gasteiger partial charge in [0.15, 0.2) is 0 Å². The second-order valence-corrected chi connectivity index (χ2v) is 8.49. The molecule has 7 nitrogen and oxygen atoms in total. The number of aromatic nitrogens is 2. The molecule has 170 valence electrons. The molecule has 1 aliphatic carbocycles. The minimum absolute atomic E-state index is 0.0118. The minimum atomic E-state index is -0.407. The summed E-state index contributed by atoms with van der Waals surface area (Å²) in [6.45, 7) is 4.08. The van der Waals surface area contributed by atoms with Crippen molar-refractivity contribution in [2.24, 2.45) is 0 Å². The van der Waals surface area contributed by atoms with E-state index in [4.69, 9.17) is 0 Å². The molecule has 3 aromatic rings. The lowest BCUT2D eigenvalue weighted by Gasteiger charge is -2.26. The summed E-state index contributed by atoms with van der Waals surface area (Å²) in [6, 6.07) is 16.5. The molecule has 0 saturated heterocycles. The van der Waals surface area contributed by atoms with Gasteiger partial charge in [0.05, 0.1) is 12.6 Å². The fourth-order valence-corrected chi connectivity index (χ4v) is 4.12. The van der Waals surface area contributed by atoms with Gasteiger partial charge in [-0.3, -0.25) is 14.4 Å². The van der Waals surface area contributed by atoms with Crippen molar-refractivity contribution >= 4 is 17.5 Å². The fourth-order valence-electron chi connectivity index (χ4n) is 4.12. The van der Waals surface area contributed by atoms with Gasteiger partial charge in [-0.1, -0.05) is 30.3 Å². The number of hydrogen-bond acceptors (Lipinski definition) is 4. The number of nitrogens with one attached hydrogen (secondary N) is 2. The molecule has 2 amide bonds. The Morgan fingerprint density at radius 3 is 2.70 bits per heavy atom. The Hall–Kier alpha value is -3.74. The van der Waals surface area contributed by atoms with Gasteiger partial charge in [-0.25, -0.2) is 4.68 Å². The Bertz CT molecular complexity index is 1250. The zero-order chi connectivity index (χ0) is 23.4. The summed E-state index contributed by atoms with van der Waals surface area (Å²) in [6.07, 6.45) is 3.06. The average Bonchev–Trinajstić information content (AvgIpc) is 2.81. The van der Waals surface area contributed by atoms with Crippen LogP contribution in [0.15, 0.2) is 59.4 Å². The Labute approximate surface area is 192 Å². The van der Waals surface area contributed by atoms with Crippen LogP contribution >= 0.6 is 0 Å². The molecule has 1 atom stereocenters. The van der Waals surface area contributed by atoms with Crippen molar-refractivity contribution in [2.45, 2.75) is 52.1 Å². The number of anilines is 1. The van der Waals surface area contributed by atoms with Crippen molar-refractivity contribution in [3.63, 3.8) is 0 Å². The van der Waals surface area contributed by atoms with Gasteiger partial charge in [0.25, 0.3) is 11.5 Å². The van der Waals surface area contributed by atoms with E-state index < -0.39 is 5.91 Å². The van der Waals surface area contributed by atoms with E-state index in [0.29, 0.717) is 5.69 Å². The molecule has 0 fully saturated rings. The lowest BCUT2D eigenvalue weighted by Crippen LogP contribution is -2.33. The number of benzene rings is 2. The molecule has 1 aliphatic rings. The van der Waals surface area contributed by atoms with Gasteiger partial charge >= 0.3 is 0 Å². The smallest absolute Gasteiger partial charge is 0.276 e. The molecule has 33 heavy (non-hydrogen) atoms. The first kappa shape index (κ1) is 22.5. The van der Waals surface area contributed by atoms with Gasteiger partial charge in [-0.05, 0) is 73.6 Å². The largest absolute Gasteiger partial charge is 0.349 e. The van der Waals surface area contributed by atoms with Crippen LogP contribution in [-0.4, -0.2) is 21.6 Å².